The van der Waals surface area contributed by atoms with Crippen molar-refractivity contribution in [1.82, 2.24) is 9.47 Å². The summed E-state index contributed by atoms with van der Waals surface area (Å²) in [4.78, 5) is 15.1. The minimum atomic E-state index is -0.0549. The number of carbonyl (C=O) groups excluding carboxylic acids is 1. The number of hydrogen-bond acceptors (Lipinski definition) is 2. The first-order valence-electron chi connectivity index (χ1n) is 8.74. The van der Waals surface area contributed by atoms with Gasteiger partial charge < -0.3 is 9.47 Å². The molecule has 0 aliphatic carbocycles. The Balaban J connectivity index is 1.62. The van der Waals surface area contributed by atoms with Crippen LogP contribution in [0.5, 0.6) is 0 Å². The summed E-state index contributed by atoms with van der Waals surface area (Å²) in [6, 6.07) is 14.7. The second-order valence-electron chi connectivity index (χ2n) is 6.44. The van der Waals surface area contributed by atoms with Crippen molar-refractivity contribution >= 4 is 17.7 Å². The van der Waals surface area contributed by atoms with E-state index >= 15 is 0 Å². The summed E-state index contributed by atoms with van der Waals surface area (Å²) in [6.07, 6.45) is 9.16. The summed E-state index contributed by atoms with van der Waals surface area (Å²) in [5.74, 6) is 1.88. The molecule has 1 saturated heterocycles. The van der Waals surface area contributed by atoms with Crippen LogP contribution in [0.15, 0.2) is 54.9 Å². The molecule has 24 heavy (non-hydrogen) atoms. The summed E-state index contributed by atoms with van der Waals surface area (Å²) in [7, 11) is 0. The van der Waals surface area contributed by atoms with Crippen LogP contribution in [0.1, 0.15) is 36.8 Å². The van der Waals surface area contributed by atoms with Crippen molar-refractivity contribution in [3.8, 4) is 0 Å². The Hall–Kier alpha value is -1.68. The van der Waals surface area contributed by atoms with E-state index in [2.05, 4.69) is 46.1 Å². The van der Waals surface area contributed by atoms with Crippen LogP contribution < -0.4 is 0 Å². The van der Waals surface area contributed by atoms with E-state index in [1.54, 1.807) is 11.8 Å². The molecule has 3 rings (SSSR count). The van der Waals surface area contributed by atoms with Crippen LogP contribution in [-0.2, 0) is 4.79 Å². The molecule has 1 aromatic heterocycles. The van der Waals surface area contributed by atoms with Gasteiger partial charge in [-0.25, -0.2) is 0 Å². The highest BCUT2D eigenvalue weighted by Crippen LogP contribution is 2.29. The lowest BCUT2D eigenvalue weighted by Crippen LogP contribution is -2.42. The van der Waals surface area contributed by atoms with E-state index in [0.29, 0.717) is 5.92 Å². The number of hydrogen-bond donors (Lipinski definition) is 0. The Morgan fingerprint density at radius 1 is 1.12 bits per heavy atom. The van der Waals surface area contributed by atoms with E-state index in [-0.39, 0.29) is 11.9 Å². The molecule has 0 N–H and O–H groups in total. The summed E-state index contributed by atoms with van der Waals surface area (Å²) >= 11 is 1.80. The van der Waals surface area contributed by atoms with Gasteiger partial charge in [-0.05, 0) is 54.9 Å². The fourth-order valence-corrected chi connectivity index (χ4v) is 4.01. The predicted molar refractivity (Wildman–Crippen MR) is 101 cm³/mol. The molecule has 1 aliphatic rings. The van der Waals surface area contributed by atoms with E-state index in [0.717, 1.165) is 38.1 Å². The number of piperidine rings is 1. The predicted octanol–water partition coefficient (Wildman–Crippen LogP) is 4.19. The molecule has 1 aliphatic heterocycles. The van der Waals surface area contributed by atoms with Crippen molar-refractivity contribution in [3.63, 3.8) is 0 Å². The van der Waals surface area contributed by atoms with Gasteiger partial charge >= 0.3 is 0 Å². The molecule has 128 valence electrons. The molecule has 1 aromatic carbocycles. The molecule has 0 spiro atoms. The summed E-state index contributed by atoms with van der Waals surface area (Å²) in [6.45, 7) is 1.74. The minimum absolute atomic E-state index is 0.0549. The van der Waals surface area contributed by atoms with Crippen molar-refractivity contribution in [1.29, 1.82) is 0 Å². The molecule has 1 unspecified atom stereocenters. The third-order valence-corrected chi connectivity index (χ3v) is 5.59. The minimum Gasteiger partial charge on any atom is -0.342 e. The standard InChI is InChI=1S/C20H26N2OS/c1-24-16-11-19(21-12-5-6-13-21)20(23)22-14-9-18(10-15-22)17-7-3-2-4-8-17/h2-8,12-13,18-19H,9-11,14-16H2,1H3. The lowest BCUT2D eigenvalue weighted by atomic mass is 9.89. The first-order valence-corrected chi connectivity index (χ1v) is 10.1. The summed E-state index contributed by atoms with van der Waals surface area (Å²) in [5.41, 5.74) is 1.41. The third kappa shape index (κ3) is 4.04. The van der Waals surface area contributed by atoms with Crippen LogP contribution in [0.4, 0.5) is 0 Å². The molecule has 0 radical (unpaired) electrons. The molecule has 0 bridgehead atoms. The first-order chi connectivity index (χ1) is 11.8. The molecular weight excluding hydrogens is 316 g/mol. The van der Waals surface area contributed by atoms with Gasteiger partial charge in [0.1, 0.15) is 6.04 Å². The number of likely N-dealkylation sites (tertiary alicyclic amines) is 1. The van der Waals surface area contributed by atoms with Crippen molar-refractivity contribution in [3.05, 3.63) is 60.4 Å². The number of carbonyl (C=O) groups is 1. The monoisotopic (exact) mass is 342 g/mol. The Morgan fingerprint density at radius 2 is 1.79 bits per heavy atom. The van der Waals surface area contributed by atoms with Crippen LogP contribution in [0.3, 0.4) is 0 Å². The quantitative estimate of drug-likeness (QED) is 0.786. The smallest absolute Gasteiger partial charge is 0.245 e. The summed E-state index contributed by atoms with van der Waals surface area (Å²) in [5, 5.41) is 0. The lowest BCUT2D eigenvalue weighted by Gasteiger charge is -2.35. The molecular formula is C20H26N2OS. The van der Waals surface area contributed by atoms with Gasteiger partial charge in [0.25, 0.3) is 0 Å². The van der Waals surface area contributed by atoms with E-state index in [1.165, 1.54) is 5.56 Å². The van der Waals surface area contributed by atoms with Gasteiger partial charge in [-0.1, -0.05) is 30.3 Å². The first kappa shape index (κ1) is 17.2. The van der Waals surface area contributed by atoms with Crippen LogP contribution in [0.2, 0.25) is 0 Å². The maximum absolute atomic E-state index is 13.0. The molecule has 3 nitrogen and oxygen atoms in total. The van der Waals surface area contributed by atoms with Gasteiger partial charge in [0, 0.05) is 25.5 Å². The van der Waals surface area contributed by atoms with E-state index in [9.17, 15) is 4.79 Å². The van der Waals surface area contributed by atoms with Crippen LogP contribution in [-0.4, -0.2) is 40.5 Å². The second kappa shape index (κ2) is 8.43. The van der Waals surface area contributed by atoms with Gasteiger partial charge in [-0.15, -0.1) is 0 Å². The number of thioether (sulfide) groups is 1. The fourth-order valence-electron chi connectivity index (χ4n) is 3.55. The van der Waals surface area contributed by atoms with E-state index in [1.807, 2.05) is 24.5 Å². The van der Waals surface area contributed by atoms with Crippen molar-refractivity contribution < 1.29 is 4.79 Å². The van der Waals surface area contributed by atoms with Gasteiger partial charge in [-0.3, -0.25) is 4.79 Å². The van der Waals surface area contributed by atoms with Crippen LogP contribution >= 0.6 is 11.8 Å². The number of aromatic nitrogens is 1. The van der Waals surface area contributed by atoms with E-state index < -0.39 is 0 Å². The number of benzene rings is 1. The van der Waals surface area contributed by atoms with Crippen molar-refractivity contribution in [2.75, 3.05) is 25.1 Å². The van der Waals surface area contributed by atoms with Gasteiger partial charge in [0.2, 0.25) is 5.91 Å². The fraction of sp³-hybridized carbons (Fsp3) is 0.450. The van der Waals surface area contributed by atoms with Crippen molar-refractivity contribution in [2.24, 2.45) is 0 Å². The molecule has 1 fully saturated rings. The SMILES string of the molecule is CSCCC(C(=O)N1CCC(c2ccccc2)CC1)n1cccc1. The average molecular weight is 343 g/mol. The average Bonchev–Trinajstić information content (AvgIpc) is 3.17. The highest BCUT2D eigenvalue weighted by atomic mass is 32.2. The Kier molecular flexibility index (Phi) is 6.02. The normalized spacial score (nSPS) is 17.0. The summed E-state index contributed by atoms with van der Waals surface area (Å²) < 4.78 is 2.07. The molecule has 2 aromatic rings. The zero-order valence-electron chi connectivity index (χ0n) is 14.3. The Labute approximate surface area is 149 Å². The highest BCUT2D eigenvalue weighted by molar-refractivity contribution is 7.98. The van der Waals surface area contributed by atoms with E-state index in [4.69, 9.17) is 0 Å². The number of rotatable bonds is 6. The van der Waals surface area contributed by atoms with Gasteiger partial charge in [-0.2, -0.15) is 11.8 Å². The number of nitrogens with zero attached hydrogens (tertiary/aromatic N) is 2. The largest absolute Gasteiger partial charge is 0.342 e. The molecule has 0 saturated carbocycles. The topological polar surface area (TPSA) is 25.2 Å². The molecule has 1 atom stereocenters. The molecule has 1 amide bonds. The Morgan fingerprint density at radius 3 is 2.42 bits per heavy atom. The van der Waals surface area contributed by atoms with Crippen LogP contribution in [0.25, 0.3) is 0 Å². The van der Waals surface area contributed by atoms with Gasteiger partial charge in [0.05, 0.1) is 0 Å². The maximum atomic E-state index is 13.0. The van der Waals surface area contributed by atoms with Crippen LogP contribution in [0, 0.1) is 0 Å². The van der Waals surface area contributed by atoms with Crippen molar-refractivity contribution in [2.45, 2.75) is 31.2 Å². The maximum Gasteiger partial charge on any atom is 0.245 e. The molecule has 4 heteroatoms. The lowest BCUT2D eigenvalue weighted by molar-refractivity contribution is -0.136. The highest BCUT2D eigenvalue weighted by Gasteiger charge is 2.29. The van der Waals surface area contributed by atoms with Gasteiger partial charge in [0.15, 0.2) is 0 Å². The molecule has 2 heterocycles. The zero-order chi connectivity index (χ0) is 16.8. The zero-order valence-corrected chi connectivity index (χ0v) is 15.1. The number of amides is 1. The second-order valence-corrected chi connectivity index (χ2v) is 7.42. The Bertz CT molecular complexity index is 618. The third-order valence-electron chi connectivity index (χ3n) is 4.95.